The van der Waals surface area contributed by atoms with Crippen LogP contribution in [0.3, 0.4) is 0 Å². The van der Waals surface area contributed by atoms with Crippen LogP contribution in [0.25, 0.3) is 10.9 Å². The van der Waals surface area contributed by atoms with Gasteiger partial charge in [-0.05, 0) is 31.0 Å². The van der Waals surface area contributed by atoms with Crippen molar-refractivity contribution < 1.29 is 9.53 Å². The number of nitrogens with two attached hydrogens (primary N) is 1. The number of carbonyl (C=O) groups excluding carboxylic acids is 1. The van der Waals surface area contributed by atoms with E-state index in [9.17, 15) is 4.79 Å². The minimum Gasteiger partial charge on any atom is -0.465 e. The number of rotatable bonds is 4. The van der Waals surface area contributed by atoms with Gasteiger partial charge in [-0.1, -0.05) is 18.2 Å². The summed E-state index contributed by atoms with van der Waals surface area (Å²) in [5.74, 6) is -0.370. The Kier molecular flexibility index (Phi) is 8.15. The number of benzene rings is 1. The fourth-order valence-corrected chi connectivity index (χ4v) is 1.81. The molecule has 0 radical (unpaired) electrons. The first-order valence-corrected chi connectivity index (χ1v) is 5.96. The Balaban J connectivity index is 0.00000180. The molecule has 1 unspecified atom stereocenters. The number of carbonyl (C=O) groups is 1. The predicted octanol–water partition coefficient (Wildman–Crippen LogP) is 2.51. The first-order valence-electron chi connectivity index (χ1n) is 5.96. The number of fused-ring (bicyclic) bond motifs is 1. The van der Waals surface area contributed by atoms with Gasteiger partial charge in [0, 0.05) is 11.6 Å². The van der Waals surface area contributed by atoms with E-state index in [1.54, 1.807) is 13.1 Å². The average Bonchev–Trinajstić information content (AvgIpc) is 2.39. The molecule has 0 aliphatic rings. The van der Waals surface area contributed by atoms with Crippen molar-refractivity contribution in [1.82, 2.24) is 4.98 Å². The Hall–Kier alpha value is -1.36. The molecule has 110 valence electrons. The largest absolute Gasteiger partial charge is 0.465 e. The second-order valence-electron chi connectivity index (χ2n) is 4.10. The van der Waals surface area contributed by atoms with E-state index in [4.69, 9.17) is 10.5 Å². The highest BCUT2D eigenvalue weighted by atomic mass is 35.5. The standard InChI is InChI=1S/C14H16N2O2.2ClH/c1-2-18-14(17)12(15)8-10-7-11-5-3-4-6-13(11)16-9-10;;/h3-7,9,12H,2,8,15H2,1H3;2*1H. The number of hydrogen-bond acceptors (Lipinski definition) is 4. The van der Waals surface area contributed by atoms with Gasteiger partial charge in [-0.3, -0.25) is 9.78 Å². The first-order chi connectivity index (χ1) is 8.70. The minimum atomic E-state index is -0.632. The molecule has 20 heavy (non-hydrogen) atoms. The van der Waals surface area contributed by atoms with Gasteiger partial charge in [0.1, 0.15) is 6.04 Å². The van der Waals surface area contributed by atoms with Crippen molar-refractivity contribution in [1.29, 1.82) is 0 Å². The lowest BCUT2D eigenvalue weighted by atomic mass is 10.1. The normalized spacial score (nSPS) is 11.1. The van der Waals surface area contributed by atoms with Gasteiger partial charge in [0.15, 0.2) is 0 Å². The van der Waals surface area contributed by atoms with Gasteiger partial charge in [0.2, 0.25) is 0 Å². The maximum Gasteiger partial charge on any atom is 0.323 e. The molecule has 2 aromatic rings. The van der Waals surface area contributed by atoms with Crippen molar-refractivity contribution in [2.24, 2.45) is 5.73 Å². The highest BCUT2D eigenvalue weighted by molar-refractivity contribution is 5.85. The second-order valence-corrected chi connectivity index (χ2v) is 4.10. The quantitative estimate of drug-likeness (QED) is 0.880. The van der Waals surface area contributed by atoms with Crippen LogP contribution >= 0.6 is 24.8 Å². The number of pyridine rings is 1. The van der Waals surface area contributed by atoms with Crippen LogP contribution in [0.2, 0.25) is 0 Å². The number of esters is 1. The minimum absolute atomic E-state index is 0. The molecule has 1 aromatic heterocycles. The Morgan fingerprint density at radius 1 is 1.35 bits per heavy atom. The molecule has 4 nitrogen and oxygen atoms in total. The van der Waals surface area contributed by atoms with Gasteiger partial charge in [0.25, 0.3) is 0 Å². The van der Waals surface area contributed by atoms with E-state index in [2.05, 4.69) is 4.98 Å². The van der Waals surface area contributed by atoms with Crippen molar-refractivity contribution in [2.45, 2.75) is 19.4 Å². The zero-order valence-corrected chi connectivity index (χ0v) is 12.7. The fourth-order valence-electron chi connectivity index (χ4n) is 1.81. The van der Waals surface area contributed by atoms with E-state index in [1.165, 1.54) is 0 Å². The molecule has 0 saturated heterocycles. The van der Waals surface area contributed by atoms with Crippen LogP contribution in [0.5, 0.6) is 0 Å². The molecule has 0 aliphatic carbocycles. The summed E-state index contributed by atoms with van der Waals surface area (Å²) in [7, 11) is 0. The number of aromatic nitrogens is 1. The maximum atomic E-state index is 11.4. The SMILES string of the molecule is CCOC(=O)C(N)Cc1cnc2ccccc2c1.Cl.Cl. The summed E-state index contributed by atoms with van der Waals surface area (Å²) < 4.78 is 4.88. The highest BCUT2D eigenvalue weighted by Gasteiger charge is 2.15. The molecule has 1 aromatic carbocycles. The summed E-state index contributed by atoms with van der Waals surface area (Å²) in [5.41, 5.74) is 7.65. The monoisotopic (exact) mass is 316 g/mol. The molecular formula is C14H18Cl2N2O2. The van der Waals surface area contributed by atoms with Gasteiger partial charge in [-0.2, -0.15) is 0 Å². The van der Waals surface area contributed by atoms with Gasteiger partial charge < -0.3 is 10.5 Å². The number of nitrogens with zero attached hydrogens (tertiary/aromatic N) is 1. The number of ether oxygens (including phenoxy) is 1. The average molecular weight is 317 g/mol. The Bertz CT molecular complexity index is 564. The summed E-state index contributed by atoms with van der Waals surface area (Å²) in [6.07, 6.45) is 2.19. The number of hydrogen-bond donors (Lipinski definition) is 1. The summed E-state index contributed by atoms with van der Waals surface area (Å²) in [5, 5.41) is 1.05. The summed E-state index contributed by atoms with van der Waals surface area (Å²) >= 11 is 0. The van der Waals surface area contributed by atoms with E-state index in [1.807, 2.05) is 30.3 Å². The van der Waals surface area contributed by atoms with Crippen molar-refractivity contribution in [3.8, 4) is 0 Å². The lowest BCUT2D eigenvalue weighted by molar-refractivity contribution is -0.144. The molecule has 6 heteroatoms. The zero-order chi connectivity index (χ0) is 13.0. The number of para-hydroxylation sites is 1. The van der Waals surface area contributed by atoms with E-state index < -0.39 is 6.04 Å². The van der Waals surface area contributed by atoms with E-state index in [-0.39, 0.29) is 30.8 Å². The van der Waals surface area contributed by atoms with Gasteiger partial charge in [-0.25, -0.2) is 0 Å². The van der Waals surface area contributed by atoms with Crippen LogP contribution in [0.15, 0.2) is 36.5 Å². The summed E-state index contributed by atoms with van der Waals surface area (Å²) in [6, 6.07) is 9.21. The Morgan fingerprint density at radius 2 is 2.05 bits per heavy atom. The number of halogens is 2. The first kappa shape index (κ1) is 18.6. The van der Waals surface area contributed by atoms with Crippen LogP contribution in [0, 0.1) is 0 Å². The van der Waals surface area contributed by atoms with Crippen molar-refractivity contribution in [3.05, 3.63) is 42.1 Å². The smallest absolute Gasteiger partial charge is 0.323 e. The third-order valence-corrected chi connectivity index (χ3v) is 2.69. The molecule has 0 saturated carbocycles. The molecule has 0 spiro atoms. The summed E-state index contributed by atoms with van der Waals surface area (Å²) in [4.78, 5) is 15.8. The molecule has 2 rings (SSSR count). The van der Waals surface area contributed by atoms with Crippen LogP contribution in [0.4, 0.5) is 0 Å². The highest BCUT2D eigenvalue weighted by Crippen LogP contribution is 2.13. The molecule has 0 fully saturated rings. The molecule has 0 amide bonds. The van der Waals surface area contributed by atoms with E-state index in [0.29, 0.717) is 13.0 Å². The lowest BCUT2D eigenvalue weighted by Gasteiger charge is -2.10. The second kappa shape index (κ2) is 8.74. The molecule has 0 bridgehead atoms. The molecular weight excluding hydrogens is 299 g/mol. The van der Waals surface area contributed by atoms with Gasteiger partial charge in [0.05, 0.1) is 12.1 Å². The topological polar surface area (TPSA) is 65.2 Å². The fraction of sp³-hybridized carbons (Fsp3) is 0.286. The van der Waals surface area contributed by atoms with Crippen LogP contribution in [0.1, 0.15) is 12.5 Å². The third-order valence-electron chi connectivity index (χ3n) is 2.69. The Labute approximate surface area is 130 Å². The molecule has 2 N–H and O–H groups in total. The predicted molar refractivity (Wildman–Crippen MR) is 84.6 cm³/mol. The van der Waals surface area contributed by atoms with E-state index >= 15 is 0 Å². The van der Waals surface area contributed by atoms with Crippen molar-refractivity contribution >= 4 is 41.7 Å². The lowest BCUT2D eigenvalue weighted by Crippen LogP contribution is -2.34. The van der Waals surface area contributed by atoms with Crippen molar-refractivity contribution in [3.63, 3.8) is 0 Å². The summed E-state index contributed by atoms with van der Waals surface area (Å²) in [6.45, 7) is 2.12. The van der Waals surface area contributed by atoms with Gasteiger partial charge in [-0.15, -0.1) is 24.8 Å². The molecule has 0 aliphatic heterocycles. The van der Waals surface area contributed by atoms with Crippen LogP contribution < -0.4 is 5.73 Å². The van der Waals surface area contributed by atoms with Crippen LogP contribution in [-0.4, -0.2) is 23.6 Å². The van der Waals surface area contributed by atoms with E-state index in [0.717, 1.165) is 16.5 Å². The maximum absolute atomic E-state index is 11.4. The van der Waals surface area contributed by atoms with Crippen LogP contribution in [-0.2, 0) is 16.0 Å². The van der Waals surface area contributed by atoms with Gasteiger partial charge >= 0.3 is 5.97 Å². The molecule has 1 heterocycles. The third kappa shape index (κ3) is 4.63. The zero-order valence-electron chi connectivity index (χ0n) is 11.1. The molecule has 1 atom stereocenters. The Morgan fingerprint density at radius 3 is 2.75 bits per heavy atom. The van der Waals surface area contributed by atoms with Crippen molar-refractivity contribution in [2.75, 3.05) is 6.61 Å².